The van der Waals surface area contributed by atoms with Crippen molar-refractivity contribution < 1.29 is 9.53 Å². The molecule has 0 saturated carbocycles. The van der Waals surface area contributed by atoms with Gasteiger partial charge < -0.3 is 15.8 Å². The molecular formula is C13H18N2O2. The molecule has 0 spiro atoms. The molecule has 0 aliphatic carbocycles. The predicted octanol–water partition coefficient (Wildman–Crippen LogP) is 1.82. The number of nitrogens with one attached hydrogen (secondary N) is 1. The molecule has 0 heterocycles. The van der Waals surface area contributed by atoms with Gasteiger partial charge in [0.2, 0.25) is 5.91 Å². The largest absolute Gasteiger partial charge is 0.491 e. The van der Waals surface area contributed by atoms with Crippen LogP contribution < -0.4 is 15.8 Å². The third-order valence-electron chi connectivity index (χ3n) is 2.17. The topological polar surface area (TPSA) is 64.3 Å². The summed E-state index contributed by atoms with van der Waals surface area (Å²) in [5, 5.41) is 2.51. The Morgan fingerprint density at radius 2 is 2.29 bits per heavy atom. The summed E-state index contributed by atoms with van der Waals surface area (Å²) in [4.78, 5) is 11.0. The van der Waals surface area contributed by atoms with E-state index in [1.165, 1.54) is 6.08 Å². The molecule has 0 aliphatic rings. The first-order chi connectivity index (χ1) is 8.17. The molecule has 4 nitrogen and oxygen atoms in total. The zero-order chi connectivity index (χ0) is 12.7. The van der Waals surface area contributed by atoms with Crippen molar-refractivity contribution in [1.29, 1.82) is 0 Å². The van der Waals surface area contributed by atoms with Gasteiger partial charge in [0.15, 0.2) is 0 Å². The number of likely N-dealkylation sites (N-methyl/N-ethyl adjacent to an activating group) is 1. The van der Waals surface area contributed by atoms with Gasteiger partial charge in [0.1, 0.15) is 5.75 Å². The van der Waals surface area contributed by atoms with Crippen LogP contribution in [0.2, 0.25) is 0 Å². The lowest BCUT2D eigenvalue weighted by Crippen LogP contribution is -2.13. The molecular weight excluding hydrogens is 216 g/mol. The molecule has 0 bridgehead atoms. The molecule has 0 radical (unpaired) electrons. The molecule has 0 aliphatic heterocycles. The fourth-order valence-corrected chi connectivity index (χ4v) is 1.27. The monoisotopic (exact) mass is 234 g/mol. The first-order valence-corrected chi connectivity index (χ1v) is 5.59. The Labute approximate surface area is 101 Å². The summed E-state index contributed by atoms with van der Waals surface area (Å²) in [7, 11) is 1.59. The molecule has 0 unspecified atom stereocenters. The first-order valence-electron chi connectivity index (χ1n) is 5.59. The molecule has 0 saturated heterocycles. The van der Waals surface area contributed by atoms with Crippen molar-refractivity contribution in [3.8, 4) is 5.75 Å². The van der Waals surface area contributed by atoms with E-state index >= 15 is 0 Å². The molecule has 4 heteroatoms. The average molecular weight is 234 g/mol. The van der Waals surface area contributed by atoms with Crippen molar-refractivity contribution in [2.75, 3.05) is 19.4 Å². The number of carbonyl (C=O) groups is 1. The maximum absolute atomic E-state index is 11.0. The van der Waals surface area contributed by atoms with Gasteiger partial charge in [-0.1, -0.05) is 13.0 Å². The van der Waals surface area contributed by atoms with Crippen LogP contribution in [0.4, 0.5) is 5.69 Å². The Morgan fingerprint density at radius 1 is 1.53 bits per heavy atom. The first kappa shape index (κ1) is 13.1. The van der Waals surface area contributed by atoms with Gasteiger partial charge in [0.05, 0.1) is 12.3 Å². The molecule has 1 aromatic rings. The normalized spacial score (nSPS) is 10.5. The zero-order valence-corrected chi connectivity index (χ0v) is 10.2. The lowest BCUT2D eigenvalue weighted by molar-refractivity contribution is -0.115. The third kappa shape index (κ3) is 4.18. The van der Waals surface area contributed by atoms with Crippen LogP contribution in [-0.4, -0.2) is 19.6 Å². The van der Waals surface area contributed by atoms with Gasteiger partial charge in [-0.3, -0.25) is 4.79 Å². The number of nitrogens with two attached hydrogens (primary N) is 1. The second kappa shape index (κ2) is 6.58. The van der Waals surface area contributed by atoms with Gasteiger partial charge in [0.25, 0.3) is 0 Å². The highest BCUT2D eigenvalue weighted by molar-refractivity contribution is 5.91. The second-order valence-electron chi connectivity index (χ2n) is 3.59. The Bertz CT molecular complexity index is 414. The van der Waals surface area contributed by atoms with Crippen LogP contribution in [0.1, 0.15) is 18.9 Å². The highest BCUT2D eigenvalue weighted by Gasteiger charge is 2.00. The fourth-order valence-electron chi connectivity index (χ4n) is 1.27. The SMILES string of the molecule is CCCOc1ccc(/C=C\C(=O)NC)cc1N. The molecule has 1 rings (SSSR count). The van der Waals surface area contributed by atoms with Crippen LogP contribution in [0.25, 0.3) is 6.08 Å². The summed E-state index contributed by atoms with van der Waals surface area (Å²) in [5.74, 6) is 0.541. The van der Waals surface area contributed by atoms with E-state index in [9.17, 15) is 4.79 Å². The van der Waals surface area contributed by atoms with Crippen molar-refractivity contribution in [1.82, 2.24) is 5.32 Å². The van der Waals surface area contributed by atoms with Crippen molar-refractivity contribution in [2.24, 2.45) is 0 Å². The minimum absolute atomic E-state index is 0.144. The summed E-state index contributed by atoms with van der Waals surface area (Å²) < 4.78 is 5.46. The Hall–Kier alpha value is -1.97. The zero-order valence-electron chi connectivity index (χ0n) is 10.2. The Morgan fingerprint density at radius 3 is 2.88 bits per heavy atom. The Balaban J connectivity index is 2.74. The van der Waals surface area contributed by atoms with Crippen LogP contribution in [0.15, 0.2) is 24.3 Å². The smallest absolute Gasteiger partial charge is 0.243 e. The second-order valence-corrected chi connectivity index (χ2v) is 3.59. The Kier molecular flexibility index (Phi) is 5.07. The molecule has 0 fully saturated rings. The lowest BCUT2D eigenvalue weighted by Gasteiger charge is -2.08. The predicted molar refractivity (Wildman–Crippen MR) is 69.7 cm³/mol. The highest BCUT2D eigenvalue weighted by Crippen LogP contribution is 2.23. The number of carbonyl (C=O) groups excluding carboxylic acids is 1. The van der Waals surface area contributed by atoms with Crippen molar-refractivity contribution >= 4 is 17.7 Å². The maximum atomic E-state index is 11.0. The molecule has 0 aromatic heterocycles. The van der Waals surface area contributed by atoms with Gasteiger partial charge in [-0.05, 0) is 30.2 Å². The van der Waals surface area contributed by atoms with Crippen molar-refractivity contribution in [2.45, 2.75) is 13.3 Å². The number of hydrogen-bond donors (Lipinski definition) is 2. The van der Waals surface area contributed by atoms with E-state index in [4.69, 9.17) is 10.5 Å². The van der Waals surface area contributed by atoms with Gasteiger partial charge >= 0.3 is 0 Å². The highest BCUT2D eigenvalue weighted by atomic mass is 16.5. The number of rotatable bonds is 5. The van der Waals surface area contributed by atoms with E-state index in [1.54, 1.807) is 19.2 Å². The van der Waals surface area contributed by atoms with Crippen molar-refractivity contribution in [3.63, 3.8) is 0 Å². The van der Waals surface area contributed by atoms with Gasteiger partial charge in [-0.2, -0.15) is 0 Å². The number of amides is 1. The van der Waals surface area contributed by atoms with E-state index in [2.05, 4.69) is 5.32 Å². The number of benzene rings is 1. The third-order valence-corrected chi connectivity index (χ3v) is 2.17. The van der Waals surface area contributed by atoms with Crippen LogP contribution in [-0.2, 0) is 4.79 Å². The van der Waals surface area contributed by atoms with Crippen LogP contribution >= 0.6 is 0 Å². The number of anilines is 1. The van der Waals surface area contributed by atoms with Crippen LogP contribution in [0.3, 0.4) is 0 Å². The number of nitrogen functional groups attached to an aromatic ring is 1. The molecule has 0 atom stereocenters. The number of hydrogen-bond acceptors (Lipinski definition) is 3. The van der Waals surface area contributed by atoms with E-state index in [-0.39, 0.29) is 5.91 Å². The minimum atomic E-state index is -0.144. The minimum Gasteiger partial charge on any atom is -0.491 e. The molecule has 1 aromatic carbocycles. The van der Waals surface area contributed by atoms with Crippen molar-refractivity contribution in [3.05, 3.63) is 29.8 Å². The standard InChI is InChI=1S/C13H18N2O2/c1-3-8-17-12-6-4-10(9-11(12)14)5-7-13(16)15-2/h4-7,9H,3,8,14H2,1-2H3,(H,15,16)/b7-5-. The average Bonchev–Trinajstić information content (AvgIpc) is 2.34. The van der Waals surface area contributed by atoms with Gasteiger partial charge in [0, 0.05) is 13.1 Å². The summed E-state index contributed by atoms with van der Waals surface area (Å²) >= 11 is 0. The summed E-state index contributed by atoms with van der Waals surface area (Å²) in [6, 6.07) is 5.46. The summed E-state index contributed by atoms with van der Waals surface area (Å²) in [6.07, 6.45) is 4.11. The van der Waals surface area contributed by atoms with E-state index in [1.807, 2.05) is 19.1 Å². The van der Waals surface area contributed by atoms with Crippen LogP contribution in [0, 0.1) is 0 Å². The molecule has 17 heavy (non-hydrogen) atoms. The molecule has 3 N–H and O–H groups in total. The molecule has 1 amide bonds. The van der Waals surface area contributed by atoms with E-state index in [0.717, 1.165) is 12.0 Å². The van der Waals surface area contributed by atoms with E-state index < -0.39 is 0 Å². The van der Waals surface area contributed by atoms with Gasteiger partial charge in [-0.25, -0.2) is 0 Å². The maximum Gasteiger partial charge on any atom is 0.243 e. The fraction of sp³-hybridized carbons (Fsp3) is 0.308. The van der Waals surface area contributed by atoms with Gasteiger partial charge in [-0.15, -0.1) is 0 Å². The quantitative estimate of drug-likeness (QED) is 0.603. The van der Waals surface area contributed by atoms with E-state index in [0.29, 0.717) is 18.0 Å². The summed E-state index contributed by atoms with van der Waals surface area (Å²) in [6.45, 7) is 2.69. The van der Waals surface area contributed by atoms with Crippen LogP contribution in [0.5, 0.6) is 5.75 Å². The lowest BCUT2D eigenvalue weighted by atomic mass is 10.1. The number of ether oxygens (including phenoxy) is 1. The summed E-state index contributed by atoms with van der Waals surface area (Å²) in [5.41, 5.74) is 7.29. The molecule has 92 valence electrons.